The molecule has 0 saturated heterocycles. The van der Waals surface area contributed by atoms with Crippen molar-refractivity contribution in [2.24, 2.45) is 11.1 Å². The molecule has 0 saturated carbocycles. The van der Waals surface area contributed by atoms with E-state index in [1.54, 1.807) is 6.92 Å². The van der Waals surface area contributed by atoms with E-state index in [0.717, 1.165) is 12.1 Å². The number of ether oxygens (including phenoxy) is 1. The monoisotopic (exact) mass is 185 g/mol. The van der Waals surface area contributed by atoms with E-state index in [4.69, 9.17) is 9.57 Å². The molecular formula is C9H15NO3. The van der Waals surface area contributed by atoms with Crippen molar-refractivity contribution in [3.8, 4) is 0 Å². The smallest absolute Gasteiger partial charge is 0.318 e. The molecular weight excluding hydrogens is 170 g/mol. The molecule has 0 aromatic rings. The van der Waals surface area contributed by atoms with Crippen LogP contribution in [0, 0.1) is 5.92 Å². The van der Waals surface area contributed by atoms with Crippen LogP contribution >= 0.6 is 0 Å². The Morgan fingerprint density at radius 1 is 1.62 bits per heavy atom. The topological polar surface area (TPSA) is 47.9 Å². The first-order valence-electron chi connectivity index (χ1n) is 4.59. The van der Waals surface area contributed by atoms with Gasteiger partial charge in [0, 0.05) is 0 Å². The summed E-state index contributed by atoms with van der Waals surface area (Å²) in [6.45, 7) is 5.97. The van der Waals surface area contributed by atoms with Gasteiger partial charge in [-0.15, -0.1) is 0 Å². The highest BCUT2D eigenvalue weighted by atomic mass is 16.6. The Kier molecular flexibility index (Phi) is 3.28. The van der Waals surface area contributed by atoms with E-state index < -0.39 is 0 Å². The van der Waals surface area contributed by atoms with E-state index in [-0.39, 0.29) is 18.0 Å². The van der Waals surface area contributed by atoms with Gasteiger partial charge in [0.15, 0.2) is 0 Å². The zero-order valence-corrected chi connectivity index (χ0v) is 8.24. The molecule has 4 heteroatoms. The summed E-state index contributed by atoms with van der Waals surface area (Å²) in [5, 5.41) is 3.84. The normalized spacial score (nSPS) is 26.5. The van der Waals surface area contributed by atoms with Crippen LogP contribution in [0.3, 0.4) is 0 Å². The number of carbonyl (C=O) groups excluding carboxylic acids is 1. The maximum Gasteiger partial charge on any atom is 0.318 e. The van der Waals surface area contributed by atoms with Crippen LogP contribution in [0.2, 0.25) is 0 Å². The Morgan fingerprint density at radius 3 is 2.85 bits per heavy atom. The van der Waals surface area contributed by atoms with Gasteiger partial charge in [-0.25, -0.2) is 0 Å². The van der Waals surface area contributed by atoms with E-state index in [1.165, 1.54) is 0 Å². The molecule has 0 amide bonds. The standard InChI is InChI=1S/C9H15NO3/c1-4-7-8(6(3)13-10-7)9(11)12-5-2/h6,8H,4-5H2,1-3H3/t6-,8-/m0/s1. The van der Waals surface area contributed by atoms with Gasteiger partial charge >= 0.3 is 5.97 Å². The average molecular weight is 185 g/mol. The van der Waals surface area contributed by atoms with Crippen LogP contribution in [-0.4, -0.2) is 24.4 Å². The van der Waals surface area contributed by atoms with Gasteiger partial charge in [0.25, 0.3) is 0 Å². The molecule has 0 bridgehead atoms. The van der Waals surface area contributed by atoms with Crippen LogP contribution in [0.5, 0.6) is 0 Å². The van der Waals surface area contributed by atoms with Gasteiger partial charge in [-0.05, 0) is 20.3 Å². The third-order valence-electron chi connectivity index (χ3n) is 2.07. The second-order valence-electron chi connectivity index (χ2n) is 2.98. The maximum absolute atomic E-state index is 11.4. The average Bonchev–Trinajstić information content (AvgIpc) is 2.47. The molecule has 0 N–H and O–H groups in total. The Labute approximate surface area is 77.9 Å². The lowest BCUT2D eigenvalue weighted by molar-refractivity contribution is -0.148. The summed E-state index contributed by atoms with van der Waals surface area (Å²) in [5.74, 6) is -0.530. The Bertz CT molecular complexity index is 225. The van der Waals surface area contributed by atoms with Crippen molar-refractivity contribution in [3.63, 3.8) is 0 Å². The number of oxime groups is 1. The van der Waals surface area contributed by atoms with Crippen molar-refractivity contribution in [1.82, 2.24) is 0 Å². The zero-order valence-electron chi connectivity index (χ0n) is 8.24. The molecule has 4 nitrogen and oxygen atoms in total. The van der Waals surface area contributed by atoms with Gasteiger partial charge in [-0.2, -0.15) is 0 Å². The van der Waals surface area contributed by atoms with Gasteiger partial charge < -0.3 is 9.57 Å². The van der Waals surface area contributed by atoms with Crippen LogP contribution in [0.4, 0.5) is 0 Å². The molecule has 0 fully saturated rings. The molecule has 13 heavy (non-hydrogen) atoms. The van der Waals surface area contributed by atoms with Crippen molar-refractivity contribution in [1.29, 1.82) is 0 Å². The highest BCUT2D eigenvalue weighted by Gasteiger charge is 2.36. The predicted octanol–water partition coefficient (Wildman–Crippen LogP) is 1.35. The van der Waals surface area contributed by atoms with Crippen molar-refractivity contribution in [2.45, 2.75) is 33.3 Å². The van der Waals surface area contributed by atoms with E-state index >= 15 is 0 Å². The summed E-state index contributed by atoms with van der Waals surface area (Å²) >= 11 is 0. The highest BCUT2D eigenvalue weighted by molar-refractivity contribution is 6.03. The Morgan fingerprint density at radius 2 is 2.31 bits per heavy atom. The lowest BCUT2D eigenvalue weighted by Gasteiger charge is -2.12. The lowest BCUT2D eigenvalue weighted by atomic mass is 9.97. The molecule has 0 spiro atoms. The van der Waals surface area contributed by atoms with E-state index in [1.807, 2.05) is 13.8 Å². The summed E-state index contributed by atoms with van der Waals surface area (Å²) in [6.07, 6.45) is 0.544. The molecule has 1 heterocycles. The minimum Gasteiger partial charge on any atom is -0.465 e. The molecule has 1 rings (SSSR count). The minimum absolute atomic E-state index is 0.186. The number of nitrogens with zero attached hydrogens (tertiary/aromatic N) is 1. The van der Waals surface area contributed by atoms with Crippen LogP contribution in [0.25, 0.3) is 0 Å². The van der Waals surface area contributed by atoms with E-state index in [2.05, 4.69) is 5.16 Å². The van der Waals surface area contributed by atoms with Crippen molar-refractivity contribution in [3.05, 3.63) is 0 Å². The summed E-state index contributed by atoms with van der Waals surface area (Å²) in [4.78, 5) is 16.5. The lowest BCUT2D eigenvalue weighted by Crippen LogP contribution is -2.30. The van der Waals surface area contributed by atoms with Gasteiger partial charge in [0.05, 0.1) is 12.3 Å². The summed E-state index contributed by atoms with van der Waals surface area (Å²) in [7, 11) is 0. The van der Waals surface area contributed by atoms with Gasteiger partial charge in [-0.1, -0.05) is 12.1 Å². The van der Waals surface area contributed by atoms with Crippen LogP contribution in [0.15, 0.2) is 5.16 Å². The largest absolute Gasteiger partial charge is 0.465 e. The summed E-state index contributed by atoms with van der Waals surface area (Å²) in [5.41, 5.74) is 0.783. The molecule has 0 aromatic heterocycles. The zero-order chi connectivity index (χ0) is 9.84. The SMILES string of the molecule is CCOC(=O)[C@@H]1C(CC)=NO[C@H]1C. The van der Waals surface area contributed by atoms with Gasteiger partial charge in [0.1, 0.15) is 12.0 Å². The molecule has 1 aliphatic rings. The van der Waals surface area contributed by atoms with Crippen molar-refractivity contribution in [2.75, 3.05) is 6.61 Å². The Balaban J connectivity index is 2.65. The predicted molar refractivity (Wildman–Crippen MR) is 48.4 cm³/mol. The number of rotatable bonds is 3. The van der Waals surface area contributed by atoms with Gasteiger partial charge in [0.2, 0.25) is 0 Å². The van der Waals surface area contributed by atoms with E-state index in [9.17, 15) is 4.79 Å². The first-order valence-corrected chi connectivity index (χ1v) is 4.59. The van der Waals surface area contributed by atoms with Gasteiger partial charge in [-0.3, -0.25) is 4.79 Å². The summed E-state index contributed by atoms with van der Waals surface area (Å²) in [6, 6.07) is 0. The van der Waals surface area contributed by atoms with Crippen LogP contribution < -0.4 is 0 Å². The molecule has 74 valence electrons. The van der Waals surface area contributed by atoms with Crippen LogP contribution in [0.1, 0.15) is 27.2 Å². The molecule has 0 aromatic carbocycles. The maximum atomic E-state index is 11.4. The van der Waals surface area contributed by atoms with Crippen LogP contribution in [-0.2, 0) is 14.4 Å². The number of esters is 1. The minimum atomic E-state index is -0.301. The fourth-order valence-electron chi connectivity index (χ4n) is 1.38. The second-order valence-corrected chi connectivity index (χ2v) is 2.98. The third-order valence-corrected chi connectivity index (χ3v) is 2.07. The third kappa shape index (κ3) is 1.99. The highest BCUT2D eigenvalue weighted by Crippen LogP contribution is 2.21. The fourth-order valence-corrected chi connectivity index (χ4v) is 1.38. The molecule has 0 radical (unpaired) electrons. The molecule has 1 aliphatic heterocycles. The first-order chi connectivity index (χ1) is 6.20. The molecule has 0 aliphatic carbocycles. The number of carbonyl (C=O) groups is 1. The fraction of sp³-hybridized carbons (Fsp3) is 0.778. The van der Waals surface area contributed by atoms with E-state index in [0.29, 0.717) is 6.61 Å². The molecule has 0 unspecified atom stereocenters. The Hall–Kier alpha value is -1.06. The quantitative estimate of drug-likeness (QED) is 0.623. The second kappa shape index (κ2) is 4.25. The summed E-state index contributed by atoms with van der Waals surface area (Å²) < 4.78 is 4.93. The van der Waals surface area contributed by atoms with Crippen molar-refractivity contribution < 1.29 is 14.4 Å². The first kappa shape index (κ1) is 10.0. The molecule has 2 atom stereocenters. The van der Waals surface area contributed by atoms with Crippen molar-refractivity contribution >= 4 is 11.7 Å². The number of hydrogen-bond donors (Lipinski definition) is 0. The number of hydrogen-bond acceptors (Lipinski definition) is 4.